The van der Waals surface area contributed by atoms with Gasteiger partial charge in [0.1, 0.15) is 11.4 Å². The molecule has 0 N–H and O–H groups in total. The zero-order chi connectivity index (χ0) is 20.0. The van der Waals surface area contributed by atoms with Crippen molar-refractivity contribution < 1.29 is 13.7 Å². The monoisotopic (exact) mass is 391 g/mol. The maximum Gasteiger partial charge on any atom is 0.286 e. The molecule has 0 saturated heterocycles. The van der Waals surface area contributed by atoms with Gasteiger partial charge in [0.15, 0.2) is 0 Å². The highest BCUT2D eigenvalue weighted by Crippen LogP contribution is 2.18. The Morgan fingerprint density at radius 1 is 1.11 bits per heavy atom. The average molecular weight is 391 g/mol. The number of benzene rings is 1. The molecule has 7 heteroatoms. The first-order valence-electron chi connectivity index (χ1n) is 8.26. The molecule has 3 aromatic rings. The van der Waals surface area contributed by atoms with E-state index in [1.54, 1.807) is 62.0 Å². The third-order valence-electron chi connectivity index (χ3n) is 3.74. The summed E-state index contributed by atoms with van der Waals surface area (Å²) in [7, 11) is -1.36. The van der Waals surface area contributed by atoms with Crippen LogP contribution in [0.2, 0.25) is 0 Å². The molecule has 0 aliphatic carbocycles. The number of ether oxygens (including phenoxy) is 1. The van der Waals surface area contributed by atoms with Gasteiger partial charge in [0.05, 0.1) is 22.4 Å². The van der Waals surface area contributed by atoms with Crippen LogP contribution in [0.4, 0.5) is 0 Å². The molecule has 1 unspecified atom stereocenters. The predicted molar refractivity (Wildman–Crippen MR) is 107 cm³/mol. The molecule has 0 radical (unpaired) electrons. The van der Waals surface area contributed by atoms with E-state index < -0.39 is 15.6 Å². The van der Waals surface area contributed by atoms with Crippen molar-refractivity contribution in [3.63, 3.8) is 0 Å². The third kappa shape index (κ3) is 4.81. The second-order valence-electron chi connectivity index (χ2n) is 5.80. The summed E-state index contributed by atoms with van der Waals surface area (Å²) in [5.74, 6) is 5.83. The molecule has 1 atom stereocenters. The molecular weight excluding hydrogens is 374 g/mol. The Morgan fingerprint density at radius 2 is 1.89 bits per heavy atom. The van der Waals surface area contributed by atoms with Crippen molar-refractivity contribution in [1.82, 2.24) is 9.97 Å². The number of methoxy groups -OCH3 is 1. The average Bonchev–Trinajstić information content (AvgIpc) is 2.73. The summed E-state index contributed by atoms with van der Waals surface area (Å²) >= 11 is 0. The van der Waals surface area contributed by atoms with Gasteiger partial charge in [0, 0.05) is 35.3 Å². The lowest BCUT2D eigenvalue weighted by Crippen LogP contribution is -2.04. The summed E-state index contributed by atoms with van der Waals surface area (Å²) < 4.78 is 21.9. The maximum atomic E-state index is 12.9. The highest BCUT2D eigenvalue weighted by Gasteiger charge is 2.12. The Bertz CT molecular complexity index is 1170. The van der Waals surface area contributed by atoms with Crippen LogP contribution in [0.15, 0.2) is 76.4 Å². The SMILES string of the molecule is COc1ccc(S(C)(=O)=NC(=O)c2cncc(C#Cc3ccccn3)c2)cc1. The van der Waals surface area contributed by atoms with E-state index in [0.29, 0.717) is 21.9 Å². The first-order chi connectivity index (χ1) is 13.5. The first-order valence-corrected chi connectivity index (χ1v) is 10.2. The number of pyridine rings is 2. The lowest BCUT2D eigenvalue weighted by molar-refractivity contribution is 0.100. The topological polar surface area (TPSA) is 81.5 Å². The van der Waals surface area contributed by atoms with E-state index in [-0.39, 0.29) is 5.56 Å². The van der Waals surface area contributed by atoms with Gasteiger partial charge in [-0.1, -0.05) is 12.0 Å². The van der Waals surface area contributed by atoms with E-state index in [2.05, 4.69) is 26.2 Å². The Morgan fingerprint density at radius 3 is 2.57 bits per heavy atom. The molecule has 6 nitrogen and oxygen atoms in total. The van der Waals surface area contributed by atoms with E-state index >= 15 is 0 Å². The van der Waals surface area contributed by atoms with E-state index in [0.717, 1.165) is 0 Å². The number of aromatic nitrogens is 2. The van der Waals surface area contributed by atoms with Crippen LogP contribution in [-0.2, 0) is 9.73 Å². The quantitative estimate of drug-likeness (QED) is 0.641. The van der Waals surface area contributed by atoms with Gasteiger partial charge < -0.3 is 4.74 Å². The fourth-order valence-electron chi connectivity index (χ4n) is 2.29. The fraction of sp³-hybridized carbons (Fsp3) is 0.0952. The Kier molecular flexibility index (Phi) is 5.82. The zero-order valence-electron chi connectivity index (χ0n) is 15.3. The lowest BCUT2D eigenvalue weighted by atomic mass is 10.2. The fourth-order valence-corrected chi connectivity index (χ4v) is 3.46. The largest absolute Gasteiger partial charge is 0.497 e. The predicted octanol–water partition coefficient (Wildman–Crippen LogP) is 3.18. The number of hydrogen-bond donors (Lipinski definition) is 0. The van der Waals surface area contributed by atoms with Crippen LogP contribution >= 0.6 is 0 Å². The van der Waals surface area contributed by atoms with E-state index in [1.807, 2.05) is 6.07 Å². The molecule has 1 amide bonds. The van der Waals surface area contributed by atoms with Crippen LogP contribution in [0, 0.1) is 11.8 Å². The van der Waals surface area contributed by atoms with Gasteiger partial charge >= 0.3 is 0 Å². The Hall–Kier alpha value is -3.50. The highest BCUT2D eigenvalue weighted by molar-refractivity contribution is 7.93. The van der Waals surface area contributed by atoms with Gasteiger partial charge in [0.25, 0.3) is 5.91 Å². The molecule has 140 valence electrons. The molecule has 0 aliphatic rings. The molecule has 1 aromatic carbocycles. The highest BCUT2D eigenvalue weighted by atomic mass is 32.2. The minimum Gasteiger partial charge on any atom is -0.497 e. The number of amides is 1. The van der Waals surface area contributed by atoms with E-state index in [9.17, 15) is 9.00 Å². The Labute approximate surface area is 163 Å². The summed E-state index contributed by atoms with van der Waals surface area (Å²) in [5, 5.41) is 0. The summed E-state index contributed by atoms with van der Waals surface area (Å²) in [6.45, 7) is 0. The van der Waals surface area contributed by atoms with Crippen LogP contribution in [0.25, 0.3) is 0 Å². The molecule has 0 saturated carbocycles. The second-order valence-corrected chi connectivity index (χ2v) is 8.06. The number of hydrogen-bond acceptors (Lipinski definition) is 5. The van der Waals surface area contributed by atoms with Gasteiger partial charge in [-0.2, -0.15) is 4.36 Å². The summed E-state index contributed by atoms with van der Waals surface area (Å²) in [6.07, 6.45) is 5.99. The van der Waals surface area contributed by atoms with Crippen molar-refractivity contribution >= 4 is 15.6 Å². The molecule has 0 bridgehead atoms. The van der Waals surface area contributed by atoms with Gasteiger partial charge in [-0.05, 0) is 48.4 Å². The summed E-state index contributed by atoms with van der Waals surface area (Å²) in [6, 6.07) is 13.6. The molecule has 3 rings (SSSR count). The lowest BCUT2D eigenvalue weighted by Gasteiger charge is -2.05. The molecule has 0 fully saturated rings. The summed E-state index contributed by atoms with van der Waals surface area (Å²) in [5.41, 5.74) is 1.37. The number of carbonyl (C=O) groups is 1. The zero-order valence-corrected chi connectivity index (χ0v) is 16.1. The molecule has 2 aromatic heterocycles. The van der Waals surface area contributed by atoms with Crippen molar-refractivity contribution in [3.05, 3.63) is 83.9 Å². The van der Waals surface area contributed by atoms with Gasteiger partial charge in [-0.3, -0.25) is 9.78 Å². The van der Waals surface area contributed by atoms with E-state index in [1.165, 1.54) is 12.5 Å². The minimum absolute atomic E-state index is 0.218. The van der Waals surface area contributed by atoms with Gasteiger partial charge in [-0.15, -0.1) is 0 Å². The molecule has 0 aliphatic heterocycles. The number of rotatable bonds is 3. The molecule has 28 heavy (non-hydrogen) atoms. The molecule has 0 spiro atoms. The normalized spacial score (nSPS) is 12.2. The van der Waals surface area contributed by atoms with Crippen LogP contribution in [-0.4, -0.2) is 33.4 Å². The number of nitrogens with zero attached hydrogens (tertiary/aromatic N) is 3. The van der Waals surface area contributed by atoms with Gasteiger partial charge in [0.2, 0.25) is 0 Å². The van der Waals surface area contributed by atoms with Gasteiger partial charge in [-0.25, -0.2) is 9.19 Å². The van der Waals surface area contributed by atoms with Crippen LogP contribution in [0.5, 0.6) is 5.75 Å². The van der Waals surface area contributed by atoms with Crippen molar-refractivity contribution in [2.45, 2.75) is 4.90 Å². The standard InChI is InChI=1S/C21H17N3O3S/c1-27-19-8-10-20(11-9-19)28(2,26)24-21(25)17-13-16(14-22-15-17)6-7-18-5-3-4-12-23-18/h3-5,8-15H,1-2H3. The minimum atomic E-state index is -2.90. The van der Waals surface area contributed by atoms with Crippen LogP contribution < -0.4 is 4.74 Å². The van der Waals surface area contributed by atoms with Crippen molar-refractivity contribution in [2.75, 3.05) is 13.4 Å². The molecular formula is C21H17N3O3S. The van der Waals surface area contributed by atoms with Crippen molar-refractivity contribution in [3.8, 4) is 17.6 Å². The molecule has 2 heterocycles. The Balaban J connectivity index is 1.87. The summed E-state index contributed by atoms with van der Waals surface area (Å²) in [4.78, 5) is 21.1. The second kappa shape index (κ2) is 8.46. The number of carbonyl (C=O) groups excluding carboxylic acids is 1. The van der Waals surface area contributed by atoms with Crippen LogP contribution in [0.1, 0.15) is 21.6 Å². The maximum absolute atomic E-state index is 12.9. The smallest absolute Gasteiger partial charge is 0.286 e. The van der Waals surface area contributed by atoms with Crippen molar-refractivity contribution in [2.24, 2.45) is 4.36 Å². The van der Waals surface area contributed by atoms with Crippen molar-refractivity contribution in [1.29, 1.82) is 0 Å². The van der Waals surface area contributed by atoms with Crippen LogP contribution in [0.3, 0.4) is 0 Å². The van der Waals surface area contributed by atoms with E-state index in [4.69, 9.17) is 4.74 Å². The first kappa shape index (κ1) is 19.3. The third-order valence-corrected chi connectivity index (χ3v) is 5.40.